The molecule has 130 valence electrons. The number of benzene rings is 2. The lowest BCUT2D eigenvalue weighted by atomic mass is 9.92. The molecule has 0 saturated heterocycles. The van der Waals surface area contributed by atoms with E-state index in [1.807, 2.05) is 6.26 Å². The molecule has 0 aliphatic carbocycles. The number of rotatable bonds is 3. The average Bonchev–Trinajstić information content (AvgIpc) is 3.02. The molecule has 0 bridgehead atoms. The fourth-order valence-electron chi connectivity index (χ4n) is 3.03. The average molecular weight is 369 g/mol. The van der Waals surface area contributed by atoms with Crippen LogP contribution in [0.25, 0.3) is 22.3 Å². The van der Waals surface area contributed by atoms with E-state index in [2.05, 4.69) is 15.3 Å². The van der Waals surface area contributed by atoms with Crippen LogP contribution in [0.3, 0.4) is 0 Å². The number of aromatic nitrogens is 2. The first-order chi connectivity index (χ1) is 12.6. The van der Waals surface area contributed by atoms with Gasteiger partial charge in [0.25, 0.3) is 5.91 Å². The molecule has 0 spiro atoms. The Kier molecular flexibility index (Phi) is 4.16. The molecule has 1 N–H and O–H groups in total. The SMILES string of the molecule is CSc1ncc(-c2cc(-c3ccc(F)cc3F)cc3c2CNC3=O)cn1. The summed E-state index contributed by atoms with van der Waals surface area (Å²) in [4.78, 5) is 20.7. The molecule has 2 aromatic carbocycles. The molecule has 26 heavy (non-hydrogen) atoms. The van der Waals surface area contributed by atoms with Gasteiger partial charge in [0.05, 0.1) is 0 Å². The van der Waals surface area contributed by atoms with Crippen molar-refractivity contribution >= 4 is 17.7 Å². The van der Waals surface area contributed by atoms with E-state index < -0.39 is 11.6 Å². The molecule has 1 aliphatic heterocycles. The molecular weight excluding hydrogens is 356 g/mol. The van der Waals surface area contributed by atoms with Gasteiger partial charge < -0.3 is 5.32 Å². The van der Waals surface area contributed by atoms with Gasteiger partial charge in [-0.2, -0.15) is 0 Å². The van der Waals surface area contributed by atoms with Crippen molar-refractivity contribution < 1.29 is 13.6 Å². The number of nitrogens with zero attached hydrogens (tertiary/aromatic N) is 2. The Morgan fingerprint density at radius 2 is 1.73 bits per heavy atom. The molecule has 3 aromatic rings. The summed E-state index contributed by atoms with van der Waals surface area (Å²) in [5, 5.41) is 3.42. The minimum absolute atomic E-state index is 0.215. The Hall–Kier alpha value is -2.80. The monoisotopic (exact) mass is 369 g/mol. The number of hydrogen-bond donors (Lipinski definition) is 1. The zero-order valence-electron chi connectivity index (χ0n) is 13.7. The zero-order valence-corrected chi connectivity index (χ0v) is 14.5. The summed E-state index contributed by atoms with van der Waals surface area (Å²) >= 11 is 1.43. The van der Waals surface area contributed by atoms with Crippen LogP contribution in [0.2, 0.25) is 0 Å². The van der Waals surface area contributed by atoms with Crippen molar-refractivity contribution in [3.8, 4) is 22.3 Å². The van der Waals surface area contributed by atoms with Crippen LogP contribution in [0.1, 0.15) is 15.9 Å². The van der Waals surface area contributed by atoms with Crippen molar-refractivity contribution in [2.24, 2.45) is 0 Å². The van der Waals surface area contributed by atoms with E-state index >= 15 is 0 Å². The van der Waals surface area contributed by atoms with Crippen LogP contribution in [-0.4, -0.2) is 22.1 Å². The first kappa shape index (κ1) is 16.7. The highest BCUT2D eigenvalue weighted by Crippen LogP contribution is 2.35. The maximum absolute atomic E-state index is 14.3. The molecule has 0 saturated carbocycles. The quantitative estimate of drug-likeness (QED) is 0.559. The molecule has 0 fully saturated rings. The zero-order chi connectivity index (χ0) is 18.3. The highest BCUT2D eigenvalue weighted by atomic mass is 32.2. The minimum atomic E-state index is -0.678. The molecule has 1 aromatic heterocycles. The van der Waals surface area contributed by atoms with Gasteiger partial charge in [0, 0.05) is 41.7 Å². The number of thioether (sulfide) groups is 1. The highest BCUT2D eigenvalue weighted by molar-refractivity contribution is 7.98. The van der Waals surface area contributed by atoms with Gasteiger partial charge in [-0.25, -0.2) is 18.7 Å². The largest absolute Gasteiger partial charge is 0.348 e. The Morgan fingerprint density at radius 3 is 2.42 bits per heavy atom. The van der Waals surface area contributed by atoms with E-state index in [0.29, 0.717) is 22.8 Å². The molecule has 2 heterocycles. The van der Waals surface area contributed by atoms with Gasteiger partial charge >= 0.3 is 0 Å². The fraction of sp³-hybridized carbons (Fsp3) is 0.105. The number of amides is 1. The Labute approximate surface area is 152 Å². The second kappa shape index (κ2) is 6.49. The maximum atomic E-state index is 14.3. The van der Waals surface area contributed by atoms with E-state index in [1.54, 1.807) is 24.5 Å². The fourth-order valence-corrected chi connectivity index (χ4v) is 3.34. The number of halogens is 2. The van der Waals surface area contributed by atoms with Crippen LogP contribution >= 0.6 is 11.8 Å². The van der Waals surface area contributed by atoms with E-state index in [-0.39, 0.29) is 11.5 Å². The topological polar surface area (TPSA) is 54.9 Å². The van der Waals surface area contributed by atoms with Crippen molar-refractivity contribution in [1.82, 2.24) is 15.3 Å². The van der Waals surface area contributed by atoms with Crippen LogP contribution in [0.5, 0.6) is 0 Å². The summed E-state index contributed by atoms with van der Waals surface area (Å²) in [6, 6.07) is 6.82. The molecule has 1 amide bonds. The van der Waals surface area contributed by atoms with Crippen molar-refractivity contribution in [3.05, 3.63) is 65.5 Å². The van der Waals surface area contributed by atoms with Crippen molar-refractivity contribution in [2.75, 3.05) is 6.26 Å². The van der Waals surface area contributed by atoms with Crippen molar-refractivity contribution in [1.29, 1.82) is 0 Å². The number of hydrogen-bond acceptors (Lipinski definition) is 4. The second-order valence-electron chi connectivity index (χ2n) is 5.82. The Bertz CT molecular complexity index is 1020. The van der Waals surface area contributed by atoms with Gasteiger partial charge in [-0.15, -0.1) is 0 Å². The van der Waals surface area contributed by atoms with Gasteiger partial charge in [-0.3, -0.25) is 4.79 Å². The van der Waals surface area contributed by atoms with Gasteiger partial charge in [0.1, 0.15) is 11.6 Å². The van der Waals surface area contributed by atoms with Crippen LogP contribution < -0.4 is 5.32 Å². The van der Waals surface area contributed by atoms with Gasteiger partial charge in [-0.1, -0.05) is 11.8 Å². The predicted octanol–water partition coefficient (Wildman–Crippen LogP) is 4.05. The van der Waals surface area contributed by atoms with E-state index in [0.717, 1.165) is 22.8 Å². The normalized spacial score (nSPS) is 12.8. The summed E-state index contributed by atoms with van der Waals surface area (Å²) in [7, 11) is 0. The first-order valence-corrected chi connectivity index (χ1v) is 9.06. The van der Waals surface area contributed by atoms with Crippen LogP contribution in [-0.2, 0) is 6.54 Å². The lowest BCUT2D eigenvalue weighted by Gasteiger charge is -2.12. The number of carbonyl (C=O) groups is 1. The lowest BCUT2D eigenvalue weighted by Crippen LogP contribution is -2.12. The molecule has 4 nitrogen and oxygen atoms in total. The van der Waals surface area contributed by atoms with Crippen LogP contribution in [0, 0.1) is 11.6 Å². The third-order valence-electron chi connectivity index (χ3n) is 4.28. The van der Waals surface area contributed by atoms with E-state index in [9.17, 15) is 13.6 Å². The molecule has 0 atom stereocenters. The molecular formula is C19H13F2N3OS. The van der Waals surface area contributed by atoms with Gasteiger partial charge in [0.2, 0.25) is 0 Å². The predicted molar refractivity (Wildman–Crippen MR) is 95.8 cm³/mol. The number of nitrogens with one attached hydrogen (secondary N) is 1. The van der Waals surface area contributed by atoms with Crippen LogP contribution in [0.4, 0.5) is 8.78 Å². The van der Waals surface area contributed by atoms with Crippen LogP contribution in [0.15, 0.2) is 47.9 Å². The Balaban J connectivity index is 1.92. The third kappa shape index (κ3) is 2.84. The number of carbonyl (C=O) groups excluding carboxylic acids is 1. The summed E-state index contributed by atoms with van der Waals surface area (Å²) in [5.74, 6) is -1.54. The summed E-state index contributed by atoms with van der Waals surface area (Å²) in [5.41, 5.74) is 3.53. The van der Waals surface area contributed by atoms with Crippen molar-refractivity contribution in [3.63, 3.8) is 0 Å². The Morgan fingerprint density at radius 1 is 1.00 bits per heavy atom. The molecule has 1 aliphatic rings. The highest BCUT2D eigenvalue weighted by Gasteiger charge is 2.24. The first-order valence-electron chi connectivity index (χ1n) is 7.84. The molecule has 4 rings (SSSR count). The molecule has 0 unspecified atom stereocenters. The van der Waals surface area contributed by atoms with E-state index in [4.69, 9.17) is 0 Å². The standard InChI is InChI=1S/C19H13F2N3OS/c1-26-19-23-7-11(8-24-19)14-4-10(5-15-16(14)9-22-18(15)25)13-3-2-12(20)6-17(13)21/h2-8H,9H2,1H3,(H,22,25). The maximum Gasteiger partial charge on any atom is 0.251 e. The summed E-state index contributed by atoms with van der Waals surface area (Å²) in [6.07, 6.45) is 5.25. The molecule has 7 heteroatoms. The summed E-state index contributed by atoms with van der Waals surface area (Å²) in [6.45, 7) is 0.389. The smallest absolute Gasteiger partial charge is 0.251 e. The molecule has 0 radical (unpaired) electrons. The summed E-state index contributed by atoms with van der Waals surface area (Å²) < 4.78 is 27.5. The lowest BCUT2D eigenvalue weighted by molar-refractivity contribution is 0.0966. The third-order valence-corrected chi connectivity index (χ3v) is 4.86. The van der Waals surface area contributed by atoms with Crippen molar-refractivity contribution in [2.45, 2.75) is 11.7 Å². The number of fused-ring (bicyclic) bond motifs is 1. The second-order valence-corrected chi connectivity index (χ2v) is 6.59. The minimum Gasteiger partial charge on any atom is -0.348 e. The van der Waals surface area contributed by atoms with Gasteiger partial charge in [-0.05, 0) is 47.2 Å². The van der Waals surface area contributed by atoms with Gasteiger partial charge in [0.15, 0.2) is 5.16 Å². The van der Waals surface area contributed by atoms with E-state index in [1.165, 1.54) is 23.9 Å².